The van der Waals surface area contributed by atoms with E-state index in [0.717, 1.165) is 21.4 Å². The summed E-state index contributed by atoms with van der Waals surface area (Å²) < 4.78 is 0.995. The van der Waals surface area contributed by atoms with Crippen LogP contribution in [0.3, 0.4) is 0 Å². The predicted molar refractivity (Wildman–Crippen MR) is 124 cm³/mol. The van der Waals surface area contributed by atoms with E-state index in [2.05, 4.69) is 21.2 Å². The Labute approximate surface area is 190 Å². The van der Waals surface area contributed by atoms with Gasteiger partial charge in [-0.3, -0.25) is 14.4 Å². The number of nitrogens with zero attached hydrogens (tertiary/aromatic N) is 2. The molecule has 2 fully saturated rings. The van der Waals surface area contributed by atoms with Crippen molar-refractivity contribution in [2.45, 2.75) is 26.2 Å². The van der Waals surface area contributed by atoms with Crippen molar-refractivity contribution >= 4 is 45.0 Å². The SMILES string of the molecule is Cc1cc(N2CC(C(=O)N3CCC(C(=O)Nc4ccccc4)CC3)CC2=O)ccc1Br. The Bertz CT molecular complexity index is 987. The second-order valence-corrected chi connectivity index (χ2v) is 9.15. The van der Waals surface area contributed by atoms with E-state index in [4.69, 9.17) is 0 Å². The third-order valence-corrected chi connectivity index (χ3v) is 7.04. The fourth-order valence-corrected chi connectivity index (χ4v) is 4.55. The Morgan fingerprint density at radius 2 is 1.74 bits per heavy atom. The van der Waals surface area contributed by atoms with Crippen LogP contribution in [0.5, 0.6) is 0 Å². The number of amides is 3. The summed E-state index contributed by atoms with van der Waals surface area (Å²) in [5.74, 6) is -0.419. The van der Waals surface area contributed by atoms with Crippen molar-refractivity contribution in [1.82, 2.24) is 4.90 Å². The lowest BCUT2D eigenvalue weighted by Crippen LogP contribution is -2.44. The lowest BCUT2D eigenvalue weighted by Gasteiger charge is -2.33. The highest BCUT2D eigenvalue weighted by atomic mass is 79.9. The van der Waals surface area contributed by atoms with E-state index >= 15 is 0 Å². The summed E-state index contributed by atoms with van der Waals surface area (Å²) in [6.45, 7) is 3.49. The van der Waals surface area contributed by atoms with Crippen molar-refractivity contribution < 1.29 is 14.4 Å². The minimum Gasteiger partial charge on any atom is -0.342 e. The number of carbonyl (C=O) groups is 3. The Hall–Kier alpha value is -2.67. The minimum absolute atomic E-state index is 0.00567. The first-order valence-corrected chi connectivity index (χ1v) is 11.4. The molecule has 2 aliphatic rings. The number of nitrogens with one attached hydrogen (secondary N) is 1. The number of piperidine rings is 1. The molecule has 0 bridgehead atoms. The summed E-state index contributed by atoms with van der Waals surface area (Å²) in [7, 11) is 0. The summed E-state index contributed by atoms with van der Waals surface area (Å²) in [6, 6.07) is 15.2. The van der Waals surface area contributed by atoms with Gasteiger partial charge in [0.15, 0.2) is 0 Å². The van der Waals surface area contributed by atoms with E-state index in [1.165, 1.54) is 0 Å². The van der Waals surface area contributed by atoms with E-state index in [9.17, 15) is 14.4 Å². The van der Waals surface area contributed by atoms with Crippen molar-refractivity contribution in [3.63, 3.8) is 0 Å². The average molecular weight is 484 g/mol. The fourth-order valence-electron chi connectivity index (χ4n) is 4.31. The molecule has 2 aliphatic heterocycles. The molecule has 1 atom stereocenters. The van der Waals surface area contributed by atoms with Crippen LogP contribution in [0.4, 0.5) is 11.4 Å². The maximum absolute atomic E-state index is 13.1. The van der Waals surface area contributed by atoms with Crippen molar-refractivity contribution in [2.24, 2.45) is 11.8 Å². The third kappa shape index (κ3) is 4.82. The summed E-state index contributed by atoms with van der Waals surface area (Å²) >= 11 is 3.48. The van der Waals surface area contributed by atoms with Crippen LogP contribution >= 0.6 is 15.9 Å². The van der Waals surface area contributed by atoms with Gasteiger partial charge in [0, 0.05) is 47.8 Å². The zero-order valence-corrected chi connectivity index (χ0v) is 19.1. The van der Waals surface area contributed by atoms with E-state index in [1.807, 2.05) is 60.4 Å². The molecule has 2 aromatic rings. The number of benzene rings is 2. The van der Waals surface area contributed by atoms with E-state index in [0.29, 0.717) is 32.5 Å². The molecule has 7 heteroatoms. The molecule has 2 heterocycles. The number of rotatable bonds is 4. The summed E-state index contributed by atoms with van der Waals surface area (Å²) in [4.78, 5) is 41.7. The molecule has 4 rings (SSSR count). The highest BCUT2D eigenvalue weighted by molar-refractivity contribution is 9.10. The second-order valence-electron chi connectivity index (χ2n) is 8.29. The molecule has 3 amide bonds. The Morgan fingerprint density at radius 3 is 2.42 bits per heavy atom. The number of hydrogen-bond acceptors (Lipinski definition) is 3. The first kappa shape index (κ1) is 21.6. The first-order valence-electron chi connectivity index (χ1n) is 10.6. The molecule has 6 nitrogen and oxygen atoms in total. The minimum atomic E-state index is -0.328. The maximum Gasteiger partial charge on any atom is 0.228 e. The quantitative estimate of drug-likeness (QED) is 0.714. The molecular weight excluding hydrogens is 458 g/mol. The standard InChI is InChI=1S/C24H26BrN3O3/c1-16-13-20(7-8-21(16)25)28-15-18(14-22(28)29)24(31)27-11-9-17(10-12-27)23(30)26-19-5-3-2-4-6-19/h2-8,13,17-18H,9-12,14-15H2,1H3,(H,26,30). The Morgan fingerprint density at radius 1 is 1.03 bits per heavy atom. The molecular formula is C24H26BrN3O3. The van der Waals surface area contributed by atoms with Gasteiger partial charge in [-0.25, -0.2) is 0 Å². The van der Waals surface area contributed by atoms with Crippen molar-refractivity contribution in [3.8, 4) is 0 Å². The van der Waals surface area contributed by atoms with Crippen molar-refractivity contribution in [3.05, 3.63) is 58.6 Å². The van der Waals surface area contributed by atoms with E-state index in [-0.39, 0.29) is 36.0 Å². The zero-order valence-electron chi connectivity index (χ0n) is 17.5. The number of aryl methyl sites for hydroxylation is 1. The van der Waals surface area contributed by atoms with Crippen LogP contribution < -0.4 is 10.2 Å². The molecule has 0 aliphatic carbocycles. The van der Waals surface area contributed by atoms with Crippen LogP contribution in [0.2, 0.25) is 0 Å². The predicted octanol–water partition coefficient (Wildman–Crippen LogP) is 3.99. The first-order chi connectivity index (χ1) is 14.9. The fraction of sp³-hybridized carbons (Fsp3) is 0.375. The van der Waals surface area contributed by atoms with Gasteiger partial charge >= 0.3 is 0 Å². The van der Waals surface area contributed by atoms with Crippen molar-refractivity contribution in [1.29, 1.82) is 0 Å². The second kappa shape index (κ2) is 9.22. The van der Waals surface area contributed by atoms with Gasteiger partial charge in [0.2, 0.25) is 17.7 Å². The topological polar surface area (TPSA) is 69.7 Å². The summed E-state index contributed by atoms with van der Waals surface area (Å²) in [5, 5.41) is 2.95. The van der Waals surface area contributed by atoms with Gasteiger partial charge in [-0.2, -0.15) is 0 Å². The van der Waals surface area contributed by atoms with Gasteiger partial charge < -0.3 is 15.1 Å². The third-order valence-electron chi connectivity index (χ3n) is 6.15. The van der Waals surface area contributed by atoms with Crippen LogP contribution in [0.25, 0.3) is 0 Å². The lowest BCUT2D eigenvalue weighted by atomic mass is 9.94. The highest BCUT2D eigenvalue weighted by Gasteiger charge is 2.38. The number of likely N-dealkylation sites (tertiary alicyclic amines) is 1. The van der Waals surface area contributed by atoms with Crippen LogP contribution in [-0.2, 0) is 14.4 Å². The van der Waals surface area contributed by atoms with E-state index in [1.54, 1.807) is 4.90 Å². The van der Waals surface area contributed by atoms with Gasteiger partial charge in [0.05, 0.1) is 5.92 Å². The van der Waals surface area contributed by atoms with Gasteiger partial charge in [0.1, 0.15) is 0 Å². The largest absolute Gasteiger partial charge is 0.342 e. The van der Waals surface area contributed by atoms with Crippen LogP contribution in [0.1, 0.15) is 24.8 Å². The zero-order chi connectivity index (χ0) is 22.0. The maximum atomic E-state index is 13.1. The molecule has 1 unspecified atom stereocenters. The smallest absolute Gasteiger partial charge is 0.228 e. The average Bonchev–Trinajstić information content (AvgIpc) is 3.17. The number of halogens is 1. The van der Waals surface area contributed by atoms with Crippen LogP contribution in [0.15, 0.2) is 53.0 Å². The summed E-state index contributed by atoms with van der Waals surface area (Å²) in [6.07, 6.45) is 1.52. The molecule has 1 N–H and O–H groups in total. The molecule has 0 saturated carbocycles. The molecule has 162 valence electrons. The number of hydrogen-bond donors (Lipinski definition) is 1. The van der Waals surface area contributed by atoms with E-state index < -0.39 is 0 Å². The van der Waals surface area contributed by atoms with Gasteiger partial charge in [-0.05, 0) is 55.7 Å². The molecule has 2 aromatic carbocycles. The number of anilines is 2. The highest BCUT2D eigenvalue weighted by Crippen LogP contribution is 2.30. The molecule has 2 saturated heterocycles. The molecule has 0 aromatic heterocycles. The summed E-state index contributed by atoms with van der Waals surface area (Å²) in [5.41, 5.74) is 2.67. The van der Waals surface area contributed by atoms with Crippen LogP contribution in [0, 0.1) is 18.8 Å². The van der Waals surface area contributed by atoms with Gasteiger partial charge in [-0.1, -0.05) is 34.1 Å². The normalized spacial score (nSPS) is 19.5. The lowest BCUT2D eigenvalue weighted by molar-refractivity contribution is -0.138. The van der Waals surface area contributed by atoms with Crippen LogP contribution in [-0.4, -0.2) is 42.3 Å². The molecule has 0 spiro atoms. The van der Waals surface area contributed by atoms with Gasteiger partial charge in [0.25, 0.3) is 0 Å². The number of carbonyl (C=O) groups excluding carboxylic acids is 3. The number of para-hydroxylation sites is 1. The molecule has 0 radical (unpaired) electrons. The Kier molecular flexibility index (Phi) is 6.41. The van der Waals surface area contributed by atoms with Gasteiger partial charge in [-0.15, -0.1) is 0 Å². The Balaban J connectivity index is 1.32. The van der Waals surface area contributed by atoms with Crippen molar-refractivity contribution in [2.75, 3.05) is 29.9 Å². The monoisotopic (exact) mass is 483 g/mol. The molecule has 31 heavy (non-hydrogen) atoms.